The molecule has 1 fully saturated rings. The first-order valence-corrected chi connectivity index (χ1v) is 12.9. The number of ether oxygens (including phenoxy) is 3. The molecule has 2 aromatic rings. The van der Waals surface area contributed by atoms with Gasteiger partial charge in [0.05, 0.1) is 19.1 Å². The number of benzene rings is 2. The van der Waals surface area contributed by atoms with Gasteiger partial charge < -0.3 is 24.4 Å². The van der Waals surface area contributed by atoms with E-state index < -0.39 is 0 Å². The van der Waals surface area contributed by atoms with E-state index in [2.05, 4.69) is 36.2 Å². The van der Waals surface area contributed by atoms with E-state index in [9.17, 15) is 4.79 Å². The predicted octanol–water partition coefficient (Wildman–Crippen LogP) is 5.09. The van der Waals surface area contributed by atoms with Gasteiger partial charge >= 0.3 is 0 Å². The van der Waals surface area contributed by atoms with Crippen molar-refractivity contribution in [3.05, 3.63) is 48.0 Å². The number of rotatable bonds is 12. The van der Waals surface area contributed by atoms with Gasteiger partial charge in [-0.2, -0.15) is 0 Å². The SMILES string of the molecule is COCCCOc1cc(CC(=O)N(C(C)C)[C@@H]2CCCNC2)c(-c2ccccc2)cc1OC(C)C. The molecule has 1 aliphatic heterocycles. The van der Waals surface area contributed by atoms with Crippen LogP contribution < -0.4 is 14.8 Å². The molecule has 192 valence electrons. The highest BCUT2D eigenvalue weighted by molar-refractivity contribution is 5.83. The monoisotopic (exact) mass is 482 g/mol. The van der Waals surface area contributed by atoms with Gasteiger partial charge in [0.1, 0.15) is 0 Å². The zero-order valence-corrected chi connectivity index (χ0v) is 22.0. The summed E-state index contributed by atoms with van der Waals surface area (Å²) in [6.45, 7) is 11.3. The molecule has 1 amide bonds. The molecule has 0 aliphatic carbocycles. The van der Waals surface area contributed by atoms with Crippen molar-refractivity contribution in [3.63, 3.8) is 0 Å². The van der Waals surface area contributed by atoms with Crippen LogP contribution in [0.15, 0.2) is 42.5 Å². The van der Waals surface area contributed by atoms with Gasteiger partial charge in [0, 0.05) is 38.8 Å². The largest absolute Gasteiger partial charge is 0.490 e. The minimum atomic E-state index is 0.00247. The van der Waals surface area contributed by atoms with E-state index in [1.54, 1.807) is 7.11 Å². The highest BCUT2D eigenvalue weighted by Crippen LogP contribution is 2.37. The lowest BCUT2D eigenvalue weighted by molar-refractivity contribution is -0.135. The minimum Gasteiger partial charge on any atom is -0.490 e. The molecule has 6 heteroatoms. The number of amides is 1. The van der Waals surface area contributed by atoms with E-state index >= 15 is 0 Å². The van der Waals surface area contributed by atoms with E-state index in [-0.39, 0.29) is 24.1 Å². The van der Waals surface area contributed by atoms with Crippen LogP contribution >= 0.6 is 0 Å². The Hall–Kier alpha value is -2.57. The molecule has 0 saturated carbocycles. The van der Waals surface area contributed by atoms with Gasteiger partial charge in [0.25, 0.3) is 0 Å². The van der Waals surface area contributed by atoms with Crippen LogP contribution in [0.1, 0.15) is 52.5 Å². The first-order chi connectivity index (χ1) is 16.9. The summed E-state index contributed by atoms with van der Waals surface area (Å²) in [5.74, 6) is 1.52. The molecule has 35 heavy (non-hydrogen) atoms. The van der Waals surface area contributed by atoms with Crippen LogP contribution in [0.5, 0.6) is 11.5 Å². The molecule has 1 aliphatic rings. The van der Waals surface area contributed by atoms with Gasteiger partial charge in [-0.25, -0.2) is 0 Å². The van der Waals surface area contributed by atoms with Gasteiger partial charge in [-0.15, -0.1) is 0 Å². The molecule has 1 saturated heterocycles. The number of methoxy groups -OCH3 is 1. The molecule has 6 nitrogen and oxygen atoms in total. The fourth-order valence-electron chi connectivity index (χ4n) is 4.72. The molecule has 1 N–H and O–H groups in total. The van der Waals surface area contributed by atoms with Gasteiger partial charge in [-0.1, -0.05) is 30.3 Å². The van der Waals surface area contributed by atoms with E-state index in [1.807, 2.05) is 44.2 Å². The highest BCUT2D eigenvalue weighted by Gasteiger charge is 2.28. The average Bonchev–Trinajstić information content (AvgIpc) is 2.84. The fraction of sp³-hybridized carbons (Fsp3) is 0.552. The third-order valence-corrected chi connectivity index (χ3v) is 6.22. The van der Waals surface area contributed by atoms with Crippen molar-refractivity contribution in [3.8, 4) is 22.6 Å². The van der Waals surface area contributed by atoms with E-state index in [0.717, 1.165) is 49.0 Å². The Kier molecular flexibility index (Phi) is 10.4. The fourth-order valence-corrected chi connectivity index (χ4v) is 4.72. The standard InChI is InChI=1S/C29H42N2O4/c1-21(2)31(25-13-9-14-30-20-25)29(32)18-24-17-27(34-16-10-15-33-5)28(35-22(3)4)19-26(24)23-11-7-6-8-12-23/h6-8,11-12,17,19,21-22,25,30H,9-10,13-16,18,20H2,1-5H3/t25-/m1/s1. The van der Waals surface area contributed by atoms with Gasteiger partial charge in [-0.3, -0.25) is 4.79 Å². The summed E-state index contributed by atoms with van der Waals surface area (Å²) in [4.78, 5) is 15.8. The first-order valence-electron chi connectivity index (χ1n) is 12.9. The third kappa shape index (κ3) is 7.71. The molecular formula is C29H42N2O4. The Morgan fingerprint density at radius 3 is 2.49 bits per heavy atom. The van der Waals surface area contributed by atoms with Crippen molar-refractivity contribution in [1.82, 2.24) is 10.2 Å². The van der Waals surface area contributed by atoms with Crippen LogP contribution in [0.2, 0.25) is 0 Å². The van der Waals surface area contributed by atoms with Crippen molar-refractivity contribution < 1.29 is 19.0 Å². The molecule has 1 atom stereocenters. The second-order valence-corrected chi connectivity index (χ2v) is 9.76. The quantitative estimate of drug-likeness (QED) is 0.427. The molecule has 0 aromatic heterocycles. The van der Waals surface area contributed by atoms with E-state index in [4.69, 9.17) is 14.2 Å². The number of piperidine rings is 1. The average molecular weight is 483 g/mol. The number of carbonyl (C=O) groups excluding carboxylic acids is 1. The van der Waals surface area contributed by atoms with Crippen molar-refractivity contribution >= 4 is 5.91 Å². The van der Waals surface area contributed by atoms with E-state index in [1.165, 1.54) is 0 Å². The number of hydrogen-bond donors (Lipinski definition) is 1. The molecule has 0 radical (unpaired) electrons. The maximum atomic E-state index is 13.7. The lowest BCUT2D eigenvalue weighted by Gasteiger charge is -2.38. The van der Waals surface area contributed by atoms with Crippen LogP contribution in [0.25, 0.3) is 11.1 Å². The van der Waals surface area contributed by atoms with Crippen molar-refractivity contribution in [2.45, 2.75) is 71.6 Å². The van der Waals surface area contributed by atoms with Crippen LogP contribution in [0.3, 0.4) is 0 Å². The topological polar surface area (TPSA) is 60.0 Å². The van der Waals surface area contributed by atoms with E-state index in [0.29, 0.717) is 31.1 Å². The van der Waals surface area contributed by atoms with Gasteiger partial charge in [0.2, 0.25) is 5.91 Å². The van der Waals surface area contributed by atoms with Gasteiger partial charge in [0.15, 0.2) is 11.5 Å². The van der Waals surface area contributed by atoms with Crippen molar-refractivity contribution in [2.75, 3.05) is 33.4 Å². The number of nitrogens with zero attached hydrogens (tertiary/aromatic N) is 1. The molecule has 0 spiro atoms. The number of hydrogen-bond acceptors (Lipinski definition) is 5. The Balaban J connectivity index is 1.98. The summed E-state index contributed by atoms with van der Waals surface area (Å²) in [6, 6.07) is 14.6. The summed E-state index contributed by atoms with van der Waals surface area (Å²) < 4.78 is 17.5. The van der Waals surface area contributed by atoms with Gasteiger partial charge in [-0.05, 0) is 75.9 Å². The Morgan fingerprint density at radius 1 is 1.09 bits per heavy atom. The summed E-state index contributed by atoms with van der Waals surface area (Å²) >= 11 is 0. The maximum Gasteiger partial charge on any atom is 0.227 e. The molecular weight excluding hydrogens is 440 g/mol. The Labute approximate surface area is 210 Å². The summed E-state index contributed by atoms with van der Waals surface area (Å²) in [5.41, 5.74) is 3.02. The van der Waals surface area contributed by atoms with Crippen LogP contribution in [-0.4, -0.2) is 62.4 Å². The minimum absolute atomic E-state index is 0.00247. The lowest BCUT2D eigenvalue weighted by Crippen LogP contribution is -2.52. The zero-order chi connectivity index (χ0) is 25.2. The van der Waals surface area contributed by atoms with Crippen LogP contribution in [-0.2, 0) is 16.0 Å². The second kappa shape index (κ2) is 13.5. The Bertz CT molecular complexity index is 924. The first kappa shape index (κ1) is 27.0. The highest BCUT2D eigenvalue weighted by atomic mass is 16.5. The van der Waals surface area contributed by atoms with Crippen LogP contribution in [0.4, 0.5) is 0 Å². The predicted molar refractivity (Wildman–Crippen MR) is 141 cm³/mol. The number of carbonyl (C=O) groups is 1. The maximum absolute atomic E-state index is 13.7. The molecule has 0 bridgehead atoms. The smallest absolute Gasteiger partial charge is 0.227 e. The molecule has 0 unspecified atom stereocenters. The molecule has 1 heterocycles. The lowest BCUT2D eigenvalue weighted by atomic mass is 9.95. The van der Waals surface area contributed by atoms with Crippen molar-refractivity contribution in [2.24, 2.45) is 0 Å². The second-order valence-electron chi connectivity index (χ2n) is 9.76. The summed E-state index contributed by atoms with van der Waals surface area (Å²) in [5, 5.41) is 3.45. The summed E-state index contributed by atoms with van der Waals surface area (Å²) in [6.07, 6.45) is 3.23. The molecule has 3 rings (SSSR count). The van der Waals surface area contributed by atoms with Crippen molar-refractivity contribution in [1.29, 1.82) is 0 Å². The normalized spacial score (nSPS) is 15.9. The third-order valence-electron chi connectivity index (χ3n) is 6.22. The molecule has 2 aromatic carbocycles. The van der Waals surface area contributed by atoms with Crippen LogP contribution in [0, 0.1) is 0 Å². The zero-order valence-electron chi connectivity index (χ0n) is 22.0. The number of nitrogens with one attached hydrogen (secondary N) is 1. The Morgan fingerprint density at radius 2 is 1.86 bits per heavy atom. The summed E-state index contributed by atoms with van der Waals surface area (Å²) in [7, 11) is 1.69.